The molecule has 0 unspecified atom stereocenters. The molecule has 1 amide bonds. The SMILES string of the molecule is Cc1cccn2cc(-c3ccc(NC(=O)c4ccc(OC(F)(F)F)cc4)cc3)nc12. The number of fused-ring (bicyclic) bond motifs is 1. The van der Waals surface area contributed by atoms with Crippen molar-refractivity contribution in [3.05, 3.63) is 84.2 Å². The standard InChI is InChI=1S/C22H16F3N3O2/c1-14-3-2-12-28-13-19(27-20(14)28)15-4-8-17(9-5-15)26-21(29)16-6-10-18(11-7-16)30-22(23,24)25/h2-13H,1H3,(H,26,29). The van der Waals surface area contributed by atoms with Crippen LogP contribution < -0.4 is 10.1 Å². The van der Waals surface area contributed by atoms with Crippen molar-refractivity contribution < 1.29 is 22.7 Å². The zero-order chi connectivity index (χ0) is 21.3. The van der Waals surface area contributed by atoms with E-state index in [1.165, 1.54) is 12.1 Å². The van der Waals surface area contributed by atoms with E-state index in [9.17, 15) is 18.0 Å². The fourth-order valence-corrected chi connectivity index (χ4v) is 3.03. The number of hydrogen-bond donors (Lipinski definition) is 1. The van der Waals surface area contributed by atoms with E-state index < -0.39 is 12.3 Å². The number of halogens is 3. The fraction of sp³-hybridized carbons (Fsp3) is 0.0909. The van der Waals surface area contributed by atoms with Crippen LogP contribution >= 0.6 is 0 Å². The number of nitrogens with one attached hydrogen (secondary N) is 1. The van der Waals surface area contributed by atoms with E-state index in [2.05, 4.69) is 15.0 Å². The quantitative estimate of drug-likeness (QED) is 0.485. The first kappa shape index (κ1) is 19.5. The molecule has 2 aromatic heterocycles. The average molecular weight is 411 g/mol. The highest BCUT2D eigenvalue weighted by Crippen LogP contribution is 2.24. The molecule has 4 rings (SSSR count). The van der Waals surface area contributed by atoms with Crippen LogP contribution in [-0.2, 0) is 0 Å². The molecule has 152 valence electrons. The highest BCUT2D eigenvalue weighted by atomic mass is 19.4. The van der Waals surface area contributed by atoms with Gasteiger partial charge in [0, 0.05) is 29.2 Å². The zero-order valence-electron chi connectivity index (χ0n) is 15.8. The van der Waals surface area contributed by atoms with Gasteiger partial charge in [-0.2, -0.15) is 0 Å². The highest BCUT2D eigenvalue weighted by molar-refractivity contribution is 6.04. The van der Waals surface area contributed by atoms with E-state index in [1.807, 2.05) is 48.0 Å². The van der Waals surface area contributed by atoms with E-state index in [4.69, 9.17) is 0 Å². The summed E-state index contributed by atoms with van der Waals surface area (Å²) in [7, 11) is 0. The van der Waals surface area contributed by atoms with Crippen molar-refractivity contribution in [3.8, 4) is 17.0 Å². The van der Waals surface area contributed by atoms with Gasteiger partial charge in [-0.3, -0.25) is 4.79 Å². The molecule has 2 aromatic carbocycles. The minimum Gasteiger partial charge on any atom is -0.406 e. The molecule has 0 saturated heterocycles. The fourth-order valence-electron chi connectivity index (χ4n) is 3.03. The third-order valence-corrected chi connectivity index (χ3v) is 4.47. The Bertz CT molecular complexity index is 1200. The number of anilines is 1. The topological polar surface area (TPSA) is 55.6 Å². The normalized spacial score (nSPS) is 11.5. The molecule has 2 heterocycles. The smallest absolute Gasteiger partial charge is 0.406 e. The number of benzene rings is 2. The summed E-state index contributed by atoms with van der Waals surface area (Å²) in [5, 5.41) is 2.71. The molecule has 30 heavy (non-hydrogen) atoms. The van der Waals surface area contributed by atoms with E-state index in [-0.39, 0.29) is 11.3 Å². The average Bonchev–Trinajstić information content (AvgIpc) is 3.13. The van der Waals surface area contributed by atoms with Crippen molar-refractivity contribution in [3.63, 3.8) is 0 Å². The maximum Gasteiger partial charge on any atom is 0.573 e. The Morgan fingerprint density at radius 3 is 2.37 bits per heavy atom. The lowest BCUT2D eigenvalue weighted by molar-refractivity contribution is -0.274. The van der Waals surface area contributed by atoms with Gasteiger partial charge in [-0.1, -0.05) is 18.2 Å². The Kier molecular flexibility index (Phi) is 4.91. The van der Waals surface area contributed by atoms with Crippen molar-refractivity contribution >= 4 is 17.2 Å². The first-order valence-corrected chi connectivity index (χ1v) is 9.00. The van der Waals surface area contributed by atoms with Gasteiger partial charge < -0.3 is 14.5 Å². The first-order valence-electron chi connectivity index (χ1n) is 9.00. The zero-order valence-corrected chi connectivity index (χ0v) is 15.8. The molecule has 0 radical (unpaired) electrons. The number of hydrogen-bond acceptors (Lipinski definition) is 3. The van der Waals surface area contributed by atoms with Gasteiger partial charge in [-0.05, 0) is 55.0 Å². The molecule has 0 aliphatic heterocycles. The maximum absolute atomic E-state index is 12.3. The van der Waals surface area contributed by atoms with Crippen LogP contribution in [0.5, 0.6) is 5.75 Å². The van der Waals surface area contributed by atoms with Gasteiger partial charge in [0.05, 0.1) is 5.69 Å². The summed E-state index contributed by atoms with van der Waals surface area (Å²) in [6, 6.07) is 15.8. The van der Waals surface area contributed by atoms with Gasteiger partial charge in [0.15, 0.2) is 0 Å². The Morgan fingerprint density at radius 2 is 1.73 bits per heavy atom. The summed E-state index contributed by atoms with van der Waals surface area (Å²) >= 11 is 0. The summed E-state index contributed by atoms with van der Waals surface area (Å²) in [4.78, 5) is 17.0. The molecule has 0 fully saturated rings. The van der Waals surface area contributed by atoms with Gasteiger partial charge in [0.2, 0.25) is 0 Å². The van der Waals surface area contributed by atoms with Crippen LogP contribution in [0.4, 0.5) is 18.9 Å². The summed E-state index contributed by atoms with van der Waals surface area (Å²) in [5.41, 5.74) is 4.41. The highest BCUT2D eigenvalue weighted by Gasteiger charge is 2.31. The number of rotatable bonds is 4. The molecule has 1 N–H and O–H groups in total. The van der Waals surface area contributed by atoms with Crippen molar-refractivity contribution in [2.24, 2.45) is 0 Å². The van der Waals surface area contributed by atoms with Crippen LogP contribution in [0, 0.1) is 6.92 Å². The minimum atomic E-state index is -4.77. The van der Waals surface area contributed by atoms with Gasteiger partial charge in [-0.25, -0.2) is 4.98 Å². The Balaban J connectivity index is 1.46. The summed E-state index contributed by atoms with van der Waals surface area (Å²) in [5.74, 6) is -0.823. The molecule has 0 aliphatic rings. The Morgan fingerprint density at radius 1 is 1.03 bits per heavy atom. The number of aryl methyl sites for hydroxylation is 1. The molecule has 0 saturated carbocycles. The third kappa shape index (κ3) is 4.27. The molecular weight excluding hydrogens is 395 g/mol. The van der Waals surface area contributed by atoms with Gasteiger partial charge in [0.25, 0.3) is 5.91 Å². The monoisotopic (exact) mass is 411 g/mol. The van der Waals surface area contributed by atoms with Crippen LogP contribution in [0.3, 0.4) is 0 Å². The number of carbonyl (C=O) groups is 1. The predicted molar refractivity (Wildman–Crippen MR) is 106 cm³/mol. The third-order valence-electron chi connectivity index (χ3n) is 4.47. The summed E-state index contributed by atoms with van der Waals surface area (Å²) in [6.45, 7) is 1.99. The lowest BCUT2D eigenvalue weighted by Gasteiger charge is -2.09. The number of nitrogens with zero attached hydrogens (tertiary/aromatic N) is 2. The number of pyridine rings is 1. The van der Waals surface area contributed by atoms with Crippen LogP contribution in [0.15, 0.2) is 73.1 Å². The number of imidazole rings is 1. The summed E-state index contributed by atoms with van der Waals surface area (Å²) < 4.78 is 42.4. The van der Waals surface area contributed by atoms with Crippen LogP contribution in [0.2, 0.25) is 0 Å². The van der Waals surface area contributed by atoms with Crippen molar-refractivity contribution in [1.29, 1.82) is 0 Å². The van der Waals surface area contributed by atoms with E-state index >= 15 is 0 Å². The van der Waals surface area contributed by atoms with Crippen LogP contribution in [0.25, 0.3) is 16.9 Å². The summed E-state index contributed by atoms with van der Waals surface area (Å²) in [6.07, 6.45) is -0.913. The van der Waals surface area contributed by atoms with Gasteiger partial charge in [-0.15, -0.1) is 13.2 Å². The second-order valence-corrected chi connectivity index (χ2v) is 6.65. The molecule has 8 heteroatoms. The van der Waals surface area contributed by atoms with Crippen molar-refractivity contribution in [2.45, 2.75) is 13.3 Å². The number of amides is 1. The molecule has 5 nitrogen and oxygen atoms in total. The van der Waals surface area contributed by atoms with E-state index in [0.717, 1.165) is 34.6 Å². The second kappa shape index (κ2) is 7.55. The second-order valence-electron chi connectivity index (χ2n) is 6.65. The molecule has 0 spiro atoms. The largest absolute Gasteiger partial charge is 0.573 e. The first-order chi connectivity index (χ1) is 14.3. The van der Waals surface area contributed by atoms with Crippen molar-refractivity contribution in [1.82, 2.24) is 9.38 Å². The molecule has 4 aromatic rings. The van der Waals surface area contributed by atoms with Gasteiger partial charge in [0.1, 0.15) is 11.4 Å². The molecule has 0 bridgehead atoms. The maximum atomic E-state index is 12.3. The predicted octanol–water partition coefficient (Wildman–Crippen LogP) is 5.46. The van der Waals surface area contributed by atoms with Crippen LogP contribution in [-0.4, -0.2) is 21.7 Å². The number of carbonyl (C=O) groups excluding carboxylic acids is 1. The number of ether oxygens (including phenoxy) is 1. The Hall–Kier alpha value is -3.81. The molecule has 0 aliphatic carbocycles. The number of aromatic nitrogens is 2. The molecule has 0 atom stereocenters. The number of alkyl halides is 3. The van der Waals surface area contributed by atoms with E-state index in [1.54, 1.807) is 12.1 Å². The Labute approximate surface area is 169 Å². The lowest BCUT2D eigenvalue weighted by atomic mass is 10.1. The minimum absolute atomic E-state index is 0.212. The lowest BCUT2D eigenvalue weighted by Crippen LogP contribution is -2.17. The molecular formula is C22H16F3N3O2. The van der Waals surface area contributed by atoms with Crippen molar-refractivity contribution in [2.75, 3.05) is 5.32 Å². The van der Waals surface area contributed by atoms with Crippen LogP contribution in [0.1, 0.15) is 15.9 Å². The van der Waals surface area contributed by atoms with E-state index in [0.29, 0.717) is 5.69 Å². The van der Waals surface area contributed by atoms with Gasteiger partial charge >= 0.3 is 6.36 Å².